The van der Waals surface area contributed by atoms with E-state index in [1.807, 2.05) is 36.4 Å². The molecule has 1 unspecified atom stereocenters. The number of para-hydroxylation sites is 1. The molecule has 1 saturated heterocycles. The van der Waals surface area contributed by atoms with Crippen molar-refractivity contribution in [2.24, 2.45) is 5.92 Å². The zero-order chi connectivity index (χ0) is 16.9. The highest BCUT2D eigenvalue weighted by Crippen LogP contribution is 2.25. The van der Waals surface area contributed by atoms with E-state index in [-0.39, 0.29) is 11.8 Å². The number of nitrogens with zero attached hydrogens (tertiary/aromatic N) is 1. The molecule has 3 rings (SSSR count). The first-order valence-electron chi connectivity index (χ1n) is 8.35. The van der Waals surface area contributed by atoms with Crippen molar-refractivity contribution in [1.29, 1.82) is 0 Å². The average Bonchev–Trinajstić information content (AvgIpc) is 2.97. The Balaban J connectivity index is 1.53. The third-order valence-corrected chi connectivity index (χ3v) is 4.39. The molecule has 4 nitrogen and oxygen atoms in total. The maximum atomic E-state index is 12.5. The molecule has 4 heteroatoms. The van der Waals surface area contributed by atoms with E-state index in [9.17, 15) is 9.59 Å². The zero-order valence-electron chi connectivity index (χ0n) is 13.9. The summed E-state index contributed by atoms with van der Waals surface area (Å²) in [5, 5.41) is 2.91. The number of hydrogen-bond donors (Lipinski definition) is 1. The first kappa shape index (κ1) is 16.2. The predicted octanol–water partition coefficient (Wildman–Crippen LogP) is 2.71. The van der Waals surface area contributed by atoms with Crippen molar-refractivity contribution >= 4 is 17.5 Å². The van der Waals surface area contributed by atoms with Crippen LogP contribution in [-0.4, -0.2) is 24.9 Å². The molecule has 0 spiro atoms. The largest absolute Gasteiger partial charge is 0.355 e. The van der Waals surface area contributed by atoms with Gasteiger partial charge in [0.2, 0.25) is 11.8 Å². The van der Waals surface area contributed by atoms with Crippen LogP contribution < -0.4 is 10.2 Å². The second-order valence-corrected chi connectivity index (χ2v) is 6.20. The van der Waals surface area contributed by atoms with Gasteiger partial charge >= 0.3 is 0 Å². The first-order valence-corrected chi connectivity index (χ1v) is 8.35. The summed E-state index contributed by atoms with van der Waals surface area (Å²) in [5.41, 5.74) is 3.26. The molecule has 124 valence electrons. The van der Waals surface area contributed by atoms with Crippen molar-refractivity contribution in [2.45, 2.75) is 19.8 Å². The fraction of sp³-hybridized carbons (Fsp3) is 0.300. The lowest BCUT2D eigenvalue weighted by Crippen LogP contribution is -2.37. The van der Waals surface area contributed by atoms with Crippen molar-refractivity contribution in [3.05, 3.63) is 65.7 Å². The lowest BCUT2D eigenvalue weighted by Gasteiger charge is -2.16. The molecule has 1 N–H and O–H groups in total. The van der Waals surface area contributed by atoms with Crippen molar-refractivity contribution in [3.8, 4) is 0 Å². The van der Waals surface area contributed by atoms with Gasteiger partial charge in [-0.15, -0.1) is 0 Å². The molecule has 1 heterocycles. The van der Waals surface area contributed by atoms with Crippen molar-refractivity contribution in [2.75, 3.05) is 18.0 Å². The van der Waals surface area contributed by atoms with E-state index in [0.717, 1.165) is 12.1 Å². The maximum absolute atomic E-state index is 12.5. The Morgan fingerprint density at radius 3 is 2.71 bits per heavy atom. The number of amides is 2. The number of anilines is 1. The van der Waals surface area contributed by atoms with Crippen LogP contribution in [0.4, 0.5) is 5.69 Å². The maximum Gasteiger partial charge on any atom is 0.239 e. The third kappa shape index (κ3) is 3.65. The Hall–Kier alpha value is -2.62. The molecule has 1 fully saturated rings. The summed E-state index contributed by atoms with van der Waals surface area (Å²) in [6.07, 6.45) is 1.35. The van der Waals surface area contributed by atoms with E-state index >= 15 is 0 Å². The molecule has 1 aliphatic rings. The Kier molecular flexibility index (Phi) is 4.94. The van der Waals surface area contributed by atoms with Gasteiger partial charge in [0, 0.05) is 18.8 Å². The highest BCUT2D eigenvalue weighted by atomic mass is 16.2. The molecular weight excluding hydrogens is 300 g/mol. The van der Waals surface area contributed by atoms with E-state index in [1.54, 1.807) is 4.90 Å². The van der Waals surface area contributed by atoms with Crippen molar-refractivity contribution in [3.63, 3.8) is 0 Å². The van der Waals surface area contributed by atoms with Gasteiger partial charge in [-0.1, -0.05) is 48.0 Å². The molecule has 1 aliphatic heterocycles. The molecule has 0 aliphatic carbocycles. The second-order valence-electron chi connectivity index (χ2n) is 6.20. The molecule has 2 aromatic rings. The van der Waals surface area contributed by atoms with Gasteiger partial charge in [0.1, 0.15) is 5.92 Å². The summed E-state index contributed by atoms with van der Waals surface area (Å²) in [5.74, 6) is -0.831. The standard InChI is InChI=1S/C20H22N2O2/c1-15-6-5-7-16(14-15)10-12-21-19(23)18-11-13-22(20(18)24)17-8-3-2-4-9-17/h2-9,14,18H,10-13H2,1H3,(H,21,23). The summed E-state index contributed by atoms with van der Waals surface area (Å²) in [4.78, 5) is 26.5. The van der Waals surface area contributed by atoms with Crippen LogP contribution in [0.2, 0.25) is 0 Å². The van der Waals surface area contributed by atoms with Gasteiger partial charge in [0.15, 0.2) is 0 Å². The summed E-state index contributed by atoms with van der Waals surface area (Å²) in [7, 11) is 0. The van der Waals surface area contributed by atoms with Crippen LogP contribution >= 0.6 is 0 Å². The summed E-state index contributed by atoms with van der Waals surface area (Å²) in [6, 6.07) is 17.8. The van der Waals surface area contributed by atoms with Gasteiger partial charge in [-0.2, -0.15) is 0 Å². The Morgan fingerprint density at radius 1 is 1.17 bits per heavy atom. The number of carbonyl (C=O) groups is 2. The number of rotatable bonds is 5. The lowest BCUT2D eigenvalue weighted by molar-refractivity contribution is -0.132. The highest BCUT2D eigenvalue weighted by Gasteiger charge is 2.37. The molecule has 0 bridgehead atoms. The van der Waals surface area contributed by atoms with Crippen LogP contribution in [-0.2, 0) is 16.0 Å². The zero-order valence-corrected chi connectivity index (χ0v) is 13.9. The molecule has 0 saturated carbocycles. The lowest BCUT2D eigenvalue weighted by atomic mass is 10.1. The number of carbonyl (C=O) groups excluding carboxylic acids is 2. The van der Waals surface area contributed by atoms with Gasteiger partial charge in [-0.05, 0) is 37.5 Å². The van der Waals surface area contributed by atoms with Gasteiger partial charge in [0.25, 0.3) is 0 Å². The topological polar surface area (TPSA) is 49.4 Å². The van der Waals surface area contributed by atoms with Crippen LogP contribution in [0.1, 0.15) is 17.5 Å². The number of benzene rings is 2. The SMILES string of the molecule is Cc1cccc(CCNC(=O)C2CCN(c3ccccc3)C2=O)c1. The van der Waals surface area contributed by atoms with Crippen LogP contribution in [0.25, 0.3) is 0 Å². The smallest absolute Gasteiger partial charge is 0.239 e. The monoisotopic (exact) mass is 322 g/mol. The van der Waals surface area contributed by atoms with Crippen molar-refractivity contribution < 1.29 is 9.59 Å². The molecular formula is C20H22N2O2. The predicted molar refractivity (Wildman–Crippen MR) is 94.8 cm³/mol. The van der Waals surface area contributed by atoms with E-state index in [1.165, 1.54) is 11.1 Å². The Morgan fingerprint density at radius 2 is 1.96 bits per heavy atom. The molecule has 2 aromatic carbocycles. The van der Waals surface area contributed by atoms with Gasteiger partial charge in [-0.25, -0.2) is 0 Å². The van der Waals surface area contributed by atoms with Crippen LogP contribution in [0.5, 0.6) is 0 Å². The number of aryl methyl sites for hydroxylation is 1. The minimum atomic E-state index is -0.567. The molecule has 0 aromatic heterocycles. The highest BCUT2D eigenvalue weighted by molar-refractivity contribution is 6.09. The molecule has 0 radical (unpaired) electrons. The fourth-order valence-electron chi connectivity index (χ4n) is 3.11. The van der Waals surface area contributed by atoms with Gasteiger partial charge < -0.3 is 10.2 Å². The number of hydrogen-bond acceptors (Lipinski definition) is 2. The van der Waals surface area contributed by atoms with E-state index in [4.69, 9.17) is 0 Å². The molecule has 2 amide bonds. The summed E-state index contributed by atoms with van der Waals surface area (Å²) in [6.45, 7) is 3.20. The Labute approximate surface area is 142 Å². The minimum absolute atomic E-state index is 0.103. The summed E-state index contributed by atoms with van der Waals surface area (Å²) >= 11 is 0. The third-order valence-electron chi connectivity index (χ3n) is 4.39. The summed E-state index contributed by atoms with van der Waals surface area (Å²) < 4.78 is 0. The van der Waals surface area contributed by atoms with E-state index in [0.29, 0.717) is 19.5 Å². The van der Waals surface area contributed by atoms with E-state index < -0.39 is 5.92 Å². The first-order chi connectivity index (χ1) is 11.6. The second kappa shape index (κ2) is 7.30. The van der Waals surface area contributed by atoms with Gasteiger partial charge in [0.05, 0.1) is 0 Å². The number of nitrogens with one attached hydrogen (secondary N) is 1. The van der Waals surface area contributed by atoms with Crippen LogP contribution in [0, 0.1) is 12.8 Å². The van der Waals surface area contributed by atoms with E-state index in [2.05, 4.69) is 30.4 Å². The van der Waals surface area contributed by atoms with Crippen LogP contribution in [0.3, 0.4) is 0 Å². The van der Waals surface area contributed by atoms with Crippen LogP contribution in [0.15, 0.2) is 54.6 Å². The quantitative estimate of drug-likeness (QED) is 0.861. The van der Waals surface area contributed by atoms with Gasteiger partial charge in [-0.3, -0.25) is 9.59 Å². The minimum Gasteiger partial charge on any atom is -0.355 e. The molecule has 1 atom stereocenters. The Bertz CT molecular complexity index is 727. The molecule has 24 heavy (non-hydrogen) atoms. The normalized spacial score (nSPS) is 17.1. The van der Waals surface area contributed by atoms with Crippen molar-refractivity contribution in [1.82, 2.24) is 5.32 Å². The fourth-order valence-corrected chi connectivity index (χ4v) is 3.11. The average molecular weight is 322 g/mol.